The highest BCUT2D eigenvalue weighted by Crippen LogP contribution is 2.81. The maximum absolute atomic E-state index is 13.6. The first kappa shape index (κ1) is 30.5. The summed E-state index contributed by atoms with van der Waals surface area (Å²) in [6.07, 6.45) is 3.50. The molecule has 192 valence electrons. The molecule has 0 unspecified atom stereocenters. The van der Waals surface area contributed by atoms with Gasteiger partial charge in [0.25, 0.3) is 0 Å². The van der Waals surface area contributed by atoms with Crippen LogP contribution in [0, 0.1) is 17.3 Å². The summed E-state index contributed by atoms with van der Waals surface area (Å²) in [5.74, 6) is -0.861. The summed E-state index contributed by atoms with van der Waals surface area (Å²) in [6.45, 7) is 32.8. The quantitative estimate of drug-likeness (QED) is 0.188. The van der Waals surface area contributed by atoms with Gasteiger partial charge < -0.3 is 13.6 Å². The molecule has 0 heterocycles. The van der Waals surface area contributed by atoms with E-state index in [-0.39, 0.29) is 34.2 Å². The number of esters is 2. The molecule has 33 heavy (non-hydrogen) atoms. The largest absolute Gasteiger partial charge is 0.466 e. The van der Waals surface area contributed by atoms with Gasteiger partial charge in [0.05, 0.1) is 34.3 Å². The first-order valence-corrected chi connectivity index (χ1v) is 26.7. The zero-order valence-electron chi connectivity index (χ0n) is 23.8. The third-order valence-corrected chi connectivity index (χ3v) is 47.9. The van der Waals surface area contributed by atoms with Crippen molar-refractivity contribution in [2.24, 2.45) is 17.3 Å². The van der Waals surface area contributed by atoms with E-state index in [9.17, 15) is 9.59 Å². The second-order valence-electron chi connectivity index (χ2n) is 13.4. The Hall–Kier alpha value is -0.492. The van der Waals surface area contributed by atoms with Gasteiger partial charge in [-0.2, -0.15) is 0 Å². The van der Waals surface area contributed by atoms with Crippen molar-refractivity contribution in [1.29, 1.82) is 0 Å². The SMILES string of the molecule is CCOC(=O)/C=C/[C@H]1[C@H](C(=O)OCC)[C@]1(C(C)(C)C)[Si](O[Si](C)(C)C)([Si](C)(C)C)[Si](C)(C)C. The number of hydrogen-bond donors (Lipinski definition) is 0. The molecule has 9 heteroatoms. The Labute approximate surface area is 206 Å². The molecule has 0 saturated heterocycles. The van der Waals surface area contributed by atoms with Gasteiger partial charge in [0.1, 0.15) is 0 Å². The second-order valence-corrected chi connectivity index (χ2v) is 44.3. The number of carbonyl (C=O) groups is 2. The Morgan fingerprint density at radius 1 is 0.848 bits per heavy atom. The Kier molecular flexibility index (Phi) is 9.13. The Bertz CT molecular complexity index is 739. The van der Waals surface area contributed by atoms with E-state index in [1.165, 1.54) is 6.08 Å². The zero-order chi connectivity index (χ0) is 26.3. The van der Waals surface area contributed by atoms with Crippen molar-refractivity contribution >= 4 is 42.8 Å². The van der Waals surface area contributed by atoms with Gasteiger partial charge in [-0.3, -0.25) is 4.79 Å². The van der Waals surface area contributed by atoms with Crippen LogP contribution < -0.4 is 0 Å². The molecule has 0 N–H and O–H groups in total. The fraction of sp³-hybridized carbons (Fsp3) is 0.833. The number of hydrogen-bond acceptors (Lipinski definition) is 5. The standard InChI is InChI=1S/C24H50O5Si4/c1-15-27-20(25)18-17-19-21(22(26)28-16-2)24(19,23(3,4)5)33(31(9,10)11,32(12,13)14)29-30(6,7)8/h17-19,21H,15-16H2,1-14H3/b18-17+/t19-,21+,24+/m0/s1. The molecule has 0 aliphatic heterocycles. The predicted molar refractivity (Wildman–Crippen MR) is 148 cm³/mol. The van der Waals surface area contributed by atoms with Gasteiger partial charge in [-0.1, -0.05) is 66.1 Å². The average molecular weight is 531 g/mol. The summed E-state index contributed by atoms with van der Waals surface area (Å²) >= 11 is 0. The molecule has 0 spiro atoms. The van der Waals surface area contributed by atoms with Crippen LogP contribution in [0.2, 0.25) is 64.0 Å². The van der Waals surface area contributed by atoms with Gasteiger partial charge in [0.2, 0.25) is 0 Å². The van der Waals surface area contributed by atoms with Crippen LogP contribution in [0.3, 0.4) is 0 Å². The molecule has 1 fully saturated rings. The van der Waals surface area contributed by atoms with Gasteiger partial charge in [-0.05, 0) is 44.8 Å². The molecule has 3 atom stereocenters. The van der Waals surface area contributed by atoms with Crippen LogP contribution >= 0.6 is 0 Å². The highest BCUT2D eigenvalue weighted by molar-refractivity contribution is 7.68. The Balaban J connectivity index is 4.07. The van der Waals surface area contributed by atoms with Gasteiger partial charge in [-0.25, -0.2) is 4.79 Å². The molecule has 1 rings (SSSR count). The molecule has 0 radical (unpaired) electrons. The maximum atomic E-state index is 13.6. The van der Waals surface area contributed by atoms with Gasteiger partial charge in [0, 0.05) is 11.1 Å². The number of allylic oxidation sites excluding steroid dienone is 1. The molecule has 0 amide bonds. The van der Waals surface area contributed by atoms with E-state index in [0.717, 1.165) is 0 Å². The summed E-state index contributed by atoms with van der Waals surface area (Å²) in [5, 5.41) is -0.329. The van der Waals surface area contributed by atoms with Crippen molar-refractivity contribution < 1.29 is 23.2 Å². The molecular formula is C24H50O5Si4. The topological polar surface area (TPSA) is 61.8 Å². The summed E-state index contributed by atoms with van der Waals surface area (Å²) in [5.41, 5.74) is -0.194. The lowest BCUT2D eigenvalue weighted by Gasteiger charge is -2.61. The molecule has 1 aliphatic rings. The number of rotatable bonds is 10. The van der Waals surface area contributed by atoms with Crippen LogP contribution in [-0.4, -0.2) is 56.0 Å². The van der Waals surface area contributed by atoms with Crippen molar-refractivity contribution in [2.75, 3.05) is 13.2 Å². The molecular weight excluding hydrogens is 481 g/mol. The van der Waals surface area contributed by atoms with Crippen molar-refractivity contribution in [3.05, 3.63) is 12.2 Å². The van der Waals surface area contributed by atoms with E-state index in [2.05, 4.69) is 79.7 Å². The number of ether oxygens (including phenoxy) is 2. The molecule has 0 aromatic carbocycles. The smallest absolute Gasteiger partial charge is 0.330 e. The monoisotopic (exact) mass is 530 g/mol. The highest BCUT2D eigenvalue weighted by Gasteiger charge is 2.86. The van der Waals surface area contributed by atoms with E-state index in [4.69, 9.17) is 13.6 Å². The summed E-state index contributed by atoms with van der Waals surface area (Å²) in [6, 6.07) is 0. The third-order valence-electron chi connectivity index (χ3n) is 6.93. The van der Waals surface area contributed by atoms with Gasteiger partial charge >= 0.3 is 11.9 Å². The summed E-state index contributed by atoms with van der Waals surface area (Å²) in [4.78, 5) is 25.8. The lowest BCUT2D eigenvalue weighted by Crippen LogP contribution is -2.80. The predicted octanol–water partition coefficient (Wildman–Crippen LogP) is 6.33. The fourth-order valence-electron chi connectivity index (χ4n) is 6.78. The minimum atomic E-state index is -2.56. The lowest BCUT2D eigenvalue weighted by atomic mass is 9.86. The fourth-order valence-corrected chi connectivity index (χ4v) is 70.4. The Morgan fingerprint density at radius 2 is 1.30 bits per heavy atom. The zero-order valence-corrected chi connectivity index (χ0v) is 27.8. The molecule has 1 aliphatic carbocycles. The maximum Gasteiger partial charge on any atom is 0.330 e. The summed E-state index contributed by atoms with van der Waals surface area (Å²) < 4.78 is 18.4. The van der Waals surface area contributed by atoms with Crippen LogP contribution in [-0.2, 0) is 23.2 Å². The molecule has 1 saturated carbocycles. The highest BCUT2D eigenvalue weighted by atomic mass is 29.7. The molecule has 0 aromatic rings. The molecule has 0 aromatic heterocycles. The first-order chi connectivity index (χ1) is 14.7. The minimum Gasteiger partial charge on any atom is -0.466 e. The van der Waals surface area contributed by atoms with E-state index in [0.29, 0.717) is 13.2 Å². The minimum absolute atomic E-state index is 0.0811. The lowest BCUT2D eigenvalue weighted by molar-refractivity contribution is -0.145. The van der Waals surface area contributed by atoms with E-state index < -0.39 is 30.9 Å². The first-order valence-electron chi connectivity index (χ1n) is 12.4. The third kappa shape index (κ3) is 5.52. The van der Waals surface area contributed by atoms with Crippen LogP contribution in [0.4, 0.5) is 0 Å². The van der Waals surface area contributed by atoms with Crippen molar-refractivity contribution in [3.8, 4) is 0 Å². The van der Waals surface area contributed by atoms with Gasteiger partial charge in [0.15, 0.2) is 15.7 Å². The normalized spacial score (nSPS) is 24.7. The van der Waals surface area contributed by atoms with Crippen LogP contribution in [0.25, 0.3) is 0 Å². The van der Waals surface area contributed by atoms with Crippen molar-refractivity contribution in [2.45, 2.75) is 98.6 Å². The van der Waals surface area contributed by atoms with Crippen molar-refractivity contribution in [3.63, 3.8) is 0 Å². The molecule has 5 nitrogen and oxygen atoms in total. The number of carbonyl (C=O) groups excluding carboxylic acids is 2. The van der Waals surface area contributed by atoms with E-state index >= 15 is 0 Å². The van der Waals surface area contributed by atoms with Crippen molar-refractivity contribution in [1.82, 2.24) is 0 Å². The van der Waals surface area contributed by atoms with E-state index in [1.54, 1.807) is 6.92 Å². The van der Waals surface area contributed by atoms with Crippen LogP contribution in [0.5, 0.6) is 0 Å². The van der Waals surface area contributed by atoms with E-state index in [1.807, 2.05) is 13.0 Å². The van der Waals surface area contributed by atoms with Crippen LogP contribution in [0.15, 0.2) is 12.2 Å². The Morgan fingerprint density at radius 3 is 1.64 bits per heavy atom. The average Bonchev–Trinajstić information content (AvgIpc) is 3.25. The van der Waals surface area contributed by atoms with Crippen LogP contribution in [0.1, 0.15) is 34.6 Å². The summed E-state index contributed by atoms with van der Waals surface area (Å²) in [7, 11) is -8.39. The second kappa shape index (κ2) is 9.87. The van der Waals surface area contributed by atoms with Gasteiger partial charge in [-0.15, -0.1) is 0 Å². The molecule has 0 bridgehead atoms.